The Morgan fingerprint density at radius 1 is 0.833 bits per heavy atom. The second-order valence-electron chi connectivity index (χ2n) is 4.66. The molecule has 7 heteroatoms. The maximum absolute atomic E-state index is 11.7. The van der Waals surface area contributed by atoms with E-state index in [1.165, 1.54) is 24.3 Å². The van der Waals surface area contributed by atoms with E-state index < -0.39 is 10.0 Å². The van der Waals surface area contributed by atoms with Crippen molar-refractivity contribution in [2.45, 2.75) is 4.90 Å². The maximum Gasteiger partial charge on any atom is 2.00 e. The monoisotopic (exact) mass is 384 g/mol. The molecule has 3 N–H and O–H groups in total. The van der Waals surface area contributed by atoms with Crippen molar-refractivity contribution in [3.63, 3.8) is 0 Å². The zero-order chi connectivity index (χ0) is 16.7. The van der Waals surface area contributed by atoms with Gasteiger partial charge in [-0.05, 0) is 82.1 Å². The second-order valence-corrected chi connectivity index (χ2v) is 6.22. The topological polar surface area (TPSA) is 89.3 Å². The van der Waals surface area contributed by atoms with Crippen LogP contribution in [-0.4, -0.2) is 14.3 Å². The van der Waals surface area contributed by atoms with E-state index >= 15 is 0 Å². The van der Waals surface area contributed by atoms with Crippen molar-refractivity contribution in [1.29, 1.82) is 0 Å². The molecule has 0 heterocycles. The van der Waals surface area contributed by atoms with Gasteiger partial charge in [-0.15, -0.1) is 0 Å². The number of carbonyl (C=O) groups is 1. The summed E-state index contributed by atoms with van der Waals surface area (Å²) in [7, 11) is -3.70. The van der Waals surface area contributed by atoms with Crippen molar-refractivity contribution in [1.82, 2.24) is 0 Å². The van der Waals surface area contributed by atoms with Crippen LogP contribution in [-0.2, 0) is 31.9 Å². The number of nitrogens with one attached hydrogen (secondary N) is 1. The standard InChI is InChI=1S/C12H11N2O3S.C5H5.Fe/c13-18(16,17)11-7-5-10(6-8-11)14-12(15)9-3-1-2-4-9;1-2-4-5-3-1;/h1-8H,(H,14,15)(H2,13,16,17);1-5H;/q;;+2. The van der Waals surface area contributed by atoms with Crippen molar-refractivity contribution in [2.24, 2.45) is 5.14 Å². The number of benzene rings is 1. The molecule has 2 aliphatic carbocycles. The molecule has 2 aliphatic rings. The first-order valence-corrected chi connectivity index (χ1v) is 8.34. The number of hydrogen-bond acceptors (Lipinski definition) is 3. The van der Waals surface area contributed by atoms with Crippen LogP contribution in [0, 0.1) is 63.7 Å². The minimum Gasteiger partial charge on any atom is -0.326 e. The van der Waals surface area contributed by atoms with Gasteiger partial charge in [0, 0.05) is 5.69 Å². The fraction of sp³-hybridized carbons (Fsp3) is 0. The first-order valence-electron chi connectivity index (χ1n) is 6.79. The molecular formula is C17H16FeN2O3S+2. The normalized spacial score (nSPS) is 17.5. The number of amides is 1. The van der Waals surface area contributed by atoms with Gasteiger partial charge in [-0.2, -0.15) is 0 Å². The Morgan fingerprint density at radius 3 is 1.71 bits per heavy atom. The van der Waals surface area contributed by atoms with Crippen LogP contribution in [0.5, 0.6) is 0 Å². The third kappa shape index (κ3) is 6.93. The van der Waals surface area contributed by atoms with Gasteiger partial charge in [0.2, 0.25) is 15.9 Å². The Bertz CT molecular complexity index is 600. The molecule has 2 fully saturated rings. The van der Waals surface area contributed by atoms with E-state index in [0.29, 0.717) is 11.6 Å². The maximum atomic E-state index is 11.7. The zero-order valence-corrected chi connectivity index (χ0v) is 14.5. The summed E-state index contributed by atoms with van der Waals surface area (Å²) in [6.45, 7) is 0. The van der Waals surface area contributed by atoms with Gasteiger partial charge in [0.1, 0.15) is 0 Å². The van der Waals surface area contributed by atoms with E-state index in [1.54, 1.807) is 25.7 Å². The minimum absolute atomic E-state index is 0. The van der Waals surface area contributed by atoms with E-state index in [2.05, 4.69) is 5.32 Å². The molecule has 3 rings (SSSR count). The molecule has 0 bridgehead atoms. The Hall–Kier alpha value is -0.881. The number of hydrogen-bond donors (Lipinski definition) is 2. The van der Waals surface area contributed by atoms with Gasteiger partial charge in [-0.25, -0.2) is 13.6 Å². The molecule has 1 aromatic carbocycles. The number of rotatable bonds is 3. The Morgan fingerprint density at radius 2 is 1.29 bits per heavy atom. The number of carbonyl (C=O) groups excluding carboxylic acids is 1. The molecule has 24 heavy (non-hydrogen) atoms. The van der Waals surface area contributed by atoms with Crippen LogP contribution in [0.1, 0.15) is 0 Å². The van der Waals surface area contributed by atoms with Crippen LogP contribution in [0.4, 0.5) is 5.69 Å². The molecule has 0 aliphatic heterocycles. The van der Waals surface area contributed by atoms with Crippen LogP contribution in [0.25, 0.3) is 0 Å². The molecule has 2 saturated carbocycles. The van der Waals surface area contributed by atoms with Gasteiger partial charge in [-0.3, -0.25) is 4.79 Å². The smallest absolute Gasteiger partial charge is 0.326 e. The predicted octanol–water partition coefficient (Wildman–Crippen LogP) is 1.70. The van der Waals surface area contributed by atoms with Crippen LogP contribution < -0.4 is 10.5 Å². The molecule has 124 valence electrons. The molecule has 0 atom stereocenters. The number of primary sulfonamides is 1. The van der Waals surface area contributed by atoms with Crippen molar-refractivity contribution >= 4 is 21.6 Å². The Kier molecular flexibility index (Phi) is 8.98. The first kappa shape index (κ1) is 21.2. The molecule has 5 nitrogen and oxygen atoms in total. The molecule has 1 aromatic rings. The third-order valence-electron chi connectivity index (χ3n) is 2.92. The van der Waals surface area contributed by atoms with Crippen LogP contribution in [0.3, 0.4) is 0 Å². The molecule has 1 amide bonds. The SMILES string of the molecule is NS(=O)(=O)c1ccc(NC(=O)[C]2[CH][CH][CH][CH]2)cc1.[CH]1[CH][CH][CH][CH]1.[Fe+2]. The van der Waals surface area contributed by atoms with Crippen molar-refractivity contribution < 1.29 is 30.3 Å². The number of sulfonamides is 1. The summed E-state index contributed by atoms with van der Waals surface area (Å²) in [5, 5.41) is 7.62. The van der Waals surface area contributed by atoms with E-state index in [4.69, 9.17) is 5.14 Å². The minimum atomic E-state index is -3.70. The molecule has 0 spiro atoms. The Labute approximate surface area is 155 Å². The summed E-state index contributed by atoms with van der Waals surface area (Å²) in [5.74, 6) is 0.300. The second kappa shape index (κ2) is 10.2. The molecule has 0 saturated heterocycles. The summed E-state index contributed by atoms with van der Waals surface area (Å²) in [4.78, 5) is 11.7. The average molecular weight is 384 g/mol. The summed E-state index contributed by atoms with van der Waals surface area (Å²) < 4.78 is 22.1. The van der Waals surface area contributed by atoms with Crippen molar-refractivity contribution in [3.05, 3.63) is 88.0 Å². The van der Waals surface area contributed by atoms with Crippen molar-refractivity contribution in [2.75, 3.05) is 5.32 Å². The molecular weight excluding hydrogens is 368 g/mol. The first-order chi connectivity index (χ1) is 11.0. The van der Waals surface area contributed by atoms with E-state index in [9.17, 15) is 13.2 Å². The molecule has 0 aromatic heterocycles. The van der Waals surface area contributed by atoms with Gasteiger partial charge in [0.05, 0.1) is 10.8 Å². The van der Waals surface area contributed by atoms with Crippen LogP contribution >= 0.6 is 0 Å². The fourth-order valence-electron chi connectivity index (χ4n) is 1.78. The van der Waals surface area contributed by atoms with Gasteiger partial charge in [-0.1, -0.05) is 0 Å². The number of nitrogens with two attached hydrogens (primary N) is 1. The third-order valence-corrected chi connectivity index (χ3v) is 3.85. The molecule has 10 radical (unpaired) electrons. The van der Waals surface area contributed by atoms with Gasteiger partial charge in [0.25, 0.3) is 0 Å². The largest absolute Gasteiger partial charge is 2.00 e. The van der Waals surface area contributed by atoms with Gasteiger partial charge in [0.15, 0.2) is 0 Å². The average Bonchev–Trinajstić information content (AvgIpc) is 3.23. The molecule has 0 unspecified atom stereocenters. The quantitative estimate of drug-likeness (QED) is 0.778. The predicted molar refractivity (Wildman–Crippen MR) is 88.4 cm³/mol. The summed E-state index contributed by atoms with van der Waals surface area (Å²) >= 11 is 0. The van der Waals surface area contributed by atoms with Gasteiger partial charge >= 0.3 is 17.1 Å². The number of anilines is 1. The summed E-state index contributed by atoms with van der Waals surface area (Å²) in [6.07, 6.45) is 16.9. The fourth-order valence-corrected chi connectivity index (χ4v) is 2.29. The van der Waals surface area contributed by atoms with E-state index in [-0.39, 0.29) is 27.9 Å². The summed E-state index contributed by atoms with van der Waals surface area (Å²) in [5.41, 5.74) is 0.508. The van der Waals surface area contributed by atoms with Crippen molar-refractivity contribution in [3.8, 4) is 0 Å². The van der Waals surface area contributed by atoms with Crippen LogP contribution in [0.2, 0.25) is 0 Å². The summed E-state index contributed by atoms with van der Waals surface area (Å²) in [6, 6.07) is 5.66. The van der Waals surface area contributed by atoms with Crippen LogP contribution in [0.15, 0.2) is 29.2 Å². The Balaban J connectivity index is 0.000000412. The van der Waals surface area contributed by atoms with Gasteiger partial charge < -0.3 is 5.32 Å². The van der Waals surface area contributed by atoms with E-state index in [1.807, 2.05) is 32.1 Å². The zero-order valence-electron chi connectivity index (χ0n) is 12.6. The van der Waals surface area contributed by atoms with E-state index in [0.717, 1.165) is 0 Å².